The minimum atomic E-state index is 0.607. The molecule has 0 bridgehead atoms. The fraction of sp³-hybridized carbons (Fsp3) is 0.333. The van der Waals surface area contributed by atoms with E-state index in [-0.39, 0.29) is 0 Å². The van der Waals surface area contributed by atoms with Gasteiger partial charge in [-0.1, -0.05) is 6.07 Å². The summed E-state index contributed by atoms with van der Waals surface area (Å²) in [7, 11) is 0. The van der Waals surface area contributed by atoms with Gasteiger partial charge in [-0.2, -0.15) is 5.10 Å². The maximum atomic E-state index is 4.49. The van der Waals surface area contributed by atoms with Gasteiger partial charge in [0.15, 0.2) is 0 Å². The maximum Gasteiger partial charge on any atom is 0.110 e. The van der Waals surface area contributed by atoms with E-state index in [1.807, 2.05) is 19.3 Å². The number of hydrogen-bond donors (Lipinski definition) is 1. The molecular weight excluding hydrogens is 236 g/mol. The predicted molar refractivity (Wildman–Crippen MR) is 74.7 cm³/mol. The molecule has 1 atom stereocenters. The summed E-state index contributed by atoms with van der Waals surface area (Å²) in [6.07, 6.45) is 6.17. The van der Waals surface area contributed by atoms with E-state index in [1.165, 1.54) is 28.9 Å². The van der Waals surface area contributed by atoms with Gasteiger partial charge in [-0.25, -0.2) is 4.98 Å². The van der Waals surface area contributed by atoms with Gasteiger partial charge in [0, 0.05) is 36.1 Å². The summed E-state index contributed by atoms with van der Waals surface area (Å²) in [5.41, 5.74) is 8.30. The van der Waals surface area contributed by atoms with Crippen LogP contribution in [0.15, 0.2) is 35.7 Å². The number of imidazole rings is 1. The van der Waals surface area contributed by atoms with Gasteiger partial charge in [-0.15, -0.1) is 0 Å². The molecule has 4 nitrogen and oxygen atoms in total. The highest BCUT2D eigenvalue weighted by Gasteiger charge is 2.30. The first-order valence-corrected chi connectivity index (χ1v) is 6.77. The summed E-state index contributed by atoms with van der Waals surface area (Å²) in [5, 5.41) is 4.49. The van der Waals surface area contributed by atoms with E-state index in [0.717, 1.165) is 18.8 Å². The topological polar surface area (TPSA) is 42.2 Å². The van der Waals surface area contributed by atoms with E-state index in [4.69, 9.17) is 0 Å². The Bertz CT molecular complexity index is 669. The molecule has 1 aromatic heterocycles. The Morgan fingerprint density at radius 1 is 1.37 bits per heavy atom. The monoisotopic (exact) mass is 252 g/mol. The van der Waals surface area contributed by atoms with Crippen LogP contribution in [-0.4, -0.2) is 21.8 Å². The Kier molecular flexibility index (Phi) is 2.24. The van der Waals surface area contributed by atoms with Crippen molar-refractivity contribution in [3.05, 3.63) is 47.5 Å². The second-order valence-electron chi connectivity index (χ2n) is 5.28. The Morgan fingerprint density at radius 2 is 2.32 bits per heavy atom. The lowest BCUT2D eigenvalue weighted by molar-refractivity contribution is 0.551. The molecule has 0 fully saturated rings. The minimum absolute atomic E-state index is 0.607. The normalized spacial score (nSPS) is 20.5. The number of aromatic nitrogens is 2. The molecule has 96 valence electrons. The molecule has 0 saturated carbocycles. The highest BCUT2D eigenvalue weighted by Crippen LogP contribution is 2.32. The van der Waals surface area contributed by atoms with Gasteiger partial charge in [0.2, 0.25) is 0 Å². The molecule has 1 N–H and O–H groups in total. The lowest BCUT2D eigenvalue weighted by Crippen LogP contribution is -2.25. The van der Waals surface area contributed by atoms with Crippen LogP contribution < -0.4 is 5.43 Å². The van der Waals surface area contributed by atoms with E-state index in [9.17, 15) is 0 Å². The van der Waals surface area contributed by atoms with Gasteiger partial charge in [-0.05, 0) is 37.5 Å². The van der Waals surface area contributed by atoms with Crippen LogP contribution in [-0.2, 0) is 6.42 Å². The first-order valence-electron chi connectivity index (χ1n) is 6.77. The molecule has 2 aromatic rings. The van der Waals surface area contributed by atoms with Crippen LogP contribution in [0.1, 0.15) is 23.4 Å². The number of hydrogen-bond acceptors (Lipinski definition) is 3. The average Bonchev–Trinajstić information content (AvgIpc) is 3.01. The second-order valence-corrected chi connectivity index (χ2v) is 5.28. The van der Waals surface area contributed by atoms with Gasteiger partial charge >= 0.3 is 0 Å². The Morgan fingerprint density at radius 3 is 3.16 bits per heavy atom. The highest BCUT2D eigenvalue weighted by molar-refractivity contribution is 6.06. The van der Waals surface area contributed by atoms with E-state index >= 15 is 0 Å². The standard InChI is InChI=1S/C15H16N4/c1-10-16-6-7-19(10)13-2-3-14-12(9-13)8-11-4-5-17-18-15(11)14/h2-3,6-7,9,11,17H,4-5,8H2,1H3. The highest BCUT2D eigenvalue weighted by atomic mass is 15.3. The summed E-state index contributed by atoms with van der Waals surface area (Å²) >= 11 is 0. The lowest BCUT2D eigenvalue weighted by Gasteiger charge is -2.16. The number of aryl methyl sites for hydroxylation is 1. The van der Waals surface area contributed by atoms with Crippen LogP contribution in [0.25, 0.3) is 5.69 Å². The third kappa shape index (κ3) is 1.59. The second kappa shape index (κ2) is 3.95. The molecule has 19 heavy (non-hydrogen) atoms. The van der Waals surface area contributed by atoms with Gasteiger partial charge in [0.1, 0.15) is 5.82 Å². The largest absolute Gasteiger partial charge is 0.310 e. The molecule has 0 spiro atoms. The summed E-state index contributed by atoms with van der Waals surface area (Å²) in [4.78, 5) is 4.29. The van der Waals surface area contributed by atoms with Crippen molar-refractivity contribution in [1.29, 1.82) is 0 Å². The Hall–Kier alpha value is -2.10. The first kappa shape index (κ1) is 10.8. The molecule has 1 aliphatic heterocycles. The van der Waals surface area contributed by atoms with E-state index in [0.29, 0.717) is 5.92 Å². The van der Waals surface area contributed by atoms with Crippen molar-refractivity contribution in [3.8, 4) is 5.69 Å². The van der Waals surface area contributed by atoms with Crippen molar-refractivity contribution in [1.82, 2.24) is 15.0 Å². The first-order chi connectivity index (χ1) is 9.33. The van der Waals surface area contributed by atoms with Crippen LogP contribution in [0.2, 0.25) is 0 Å². The molecular formula is C15H16N4. The van der Waals surface area contributed by atoms with Crippen LogP contribution >= 0.6 is 0 Å². The third-order valence-electron chi connectivity index (χ3n) is 4.13. The summed E-state index contributed by atoms with van der Waals surface area (Å²) in [6, 6.07) is 6.65. The van der Waals surface area contributed by atoms with Gasteiger partial charge < -0.3 is 9.99 Å². The van der Waals surface area contributed by atoms with Gasteiger partial charge in [-0.3, -0.25) is 0 Å². The van der Waals surface area contributed by atoms with E-state index < -0.39 is 0 Å². The van der Waals surface area contributed by atoms with Crippen LogP contribution in [0, 0.1) is 12.8 Å². The molecule has 0 radical (unpaired) electrons. The quantitative estimate of drug-likeness (QED) is 0.844. The average molecular weight is 252 g/mol. The maximum absolute atomic E-state index is 4.49. The lowest BCUT2D eigenvalue weighted by atomic mass is 9.99. The Labute approximate surface area is 112 Å². The molecule has 4 rings (SSSR count). The molecule has 0 saturated heterocycles. The summed E-state index contributed by atoms with van der Waals surface area (Å²) in [6.45, 7) is 3.02. The molecule has 1 aromatic carbocycles. The van der Waals surface area contributed by atoms with Crippen molar-refractivity contribution in [2.75, 3.05) is 6.54 Å². The number of benzene rings is 1. The number of nitrogens with zero attached hydrogens (tertiary/aromatic N) is 3. The molecule has 4 heteroatoms. The molecule has 1 aliphatic carbocycles. The summed E-state index contributed by atoms with van der Waals surface area (Å²) in [5.74, 6) is 1.63. The molecule has 2 aliphatic rings. The SMILES string of the molecule is Cc1nccn1-c1ccc2c(c1)CC1CCNN=C21. The zero-order chi connectivity index (χ0) is 12.8. The van der Waals surface area contributed by atoms with Gasteiger partial charge in [0.25, 0.3) is 0 Å². The zero-order valence-corrected chi connectivity index (χ0v) is 10.9. The zero-order valence-electron chi connectivity index (χ0n) is 10.9. The number of fused-ring (bicyclic) bond motifs is 3. The molecule has 1 unspecified atom stereocenters. The van der Waals surface area contributed by atoms with Crippen LogP contribution in [0.5, 0.6) is 0 Å². The van der Waals surface area contributed by atoms with E-state index in [1.54, 1.807) is 0 Å². The van der Waals surface area contributed by atoms with E-state index in [2.05, 4.69) is 38.3 Å². The third-order valence-corrected chi connectivity index (χ3v) is 4.13. The number of nitrogens with one attached hydrogen (secondary N) is 1. The summed E-state index contributed by atoms with van der Waals surface area (Å²) < 4.78 is 2.13. The molecule has 2 heterocycles. The van der Waals surface area contributed by atoms with Crippen molar-refractivity contribution < 1.29 is 0 Å². The number of hydrazone groups is 1. The number of rotatable bonds is 1. The van der Waals surface area contributed by atoms with Crippen molar-refractivity contribution >= 4 is 5.71 Å². The van der Waals surface area contributed by atoms with Gasteiger partial charge in [0.05, 0.1) is 5.71 Å². The molecule has 0 amide bonds. The van der Waals surface area contributed by atoms with Crippen LogP contribution in [0.3, 0.4) is 0 Å². The van der Waals surface area contributed by atoms with Crippen molar-refractivity contribution in [3.63, 3.8) is 0 Å². The fourth-order valence-electron chi connectivity index (χ4n) is 3.15. The fourth-order valence-corrected chi connectivity index (χ4v) is 3.15. The smallest absolute Gasteiger partial charge is 0.110 e. The van der Waals surface area contributed by atoms with Crippen molar-refractivity contribution in [2.45, 2.75) is 19.8 Å². The minimum Gasteiger partial charge on any atom is -0.310 e. The van der Waals surface area contributed by atoms with Crippen LogP contribution in [0.4, 0.5) is 0 Å². The van der Waals surface area contributed by atoms with Crippen molar-refractivity contribution in [2.24, 2.45) is 11.0 Å². The predicted octanol–water partition coefficient (Wildman–Crippen LogP) is 2.05. The Balaban J connectivity index is 1.80.